The van der Waals surface area contributed by atoms with Crippen molar-refractivity contribution < 1.29 is 10.0 Å². The molecule has 0 aliphatic rings. The Hall–Kier alpha value is -3.28. The van der Waals surface area contributed by atoms with E-state index in [0.717, 1.165) is 16.6 Å². The molecule has 2 heterocycles. The van der Waals surface area contributed by atoms with E-state index < -0.39 is 4.92 Å². The van der Waals surface area contributed by atoms with Crippen LogP contribution in [0.15, 0.2) is 54.9 Å². The molecule has 0 saturated carbocycles. The molecular weight excluding hydrogens is 294 g/mol. The molecule has 1 N–H and O–H groups in total. The quantitative estimate of drug-likeness (QED) is 0.453. The minimum absolute atomic E-state index is 0.0984. The molecular formula is C17H13N3O3. The van der Waals surface area contributed by atoms with Crippen molar-refractivity contribution in [2.24, 2.45) is 7.05 Å². The molecule has 0 atom stereocenters. The van der Waals surface area contributed by atoms with Crippen LogP contribution in [0, 0.1) is 10.1 Å². The van der Waals surface area contributed by atoms with Crippen molar-refractivity contribution in [1.29, 1.82) is 0 Å². The van der Waals surface area contributed by atoms with Crippen LogP contribution in [0.4, 0.5) is 5.69 Å². The van der Waals surface area contributed by atoms with Gasteiger partial charge in [-0.2, -0.15) is 0 Å². The summed E-state index contributed by atoms with van der Waals surface area (Å²) in [6.45, 7) is 0. The van der Waals surface area contributed by atoms with E-state index in [9.17, 15) is 15.2 Å². The van der Waals surface area contributed by atoms with Gasteiger partial charge in [0.1, 0.15) is 5.39 Å². The Morgan fingerprint density at radius 2 is 1.96 bits per heavy atom. The fourth-order valence-electron chi connectivity index (χ4n) is 2.98. The molecule has 4 rings (SSSR count). The number of benzene rings is 2. The number of aromatic hydroxyl groups is 1. The van der Waals surface area contributed by atoms with Gasteiger partial charge in [0.05, 0.1) is 10.6 Å². The predicted molar refractivity (Wildman–Crippen MR) is 88.1 cm³/mol. The monoisotopic (exact) mass is 307 g/mol. The molecule has 0 fully saturated rings. The van der Waals surface area contributed by atoms with Crippen molar-refractivity contribution in [2.75, 3.05) is 0 Å². The highest BCUT2D eigenvalue weighted by molar-refractivity contribution is 5.96. The van der Waals surface area contributed by atoms with Gasteiger partial charge in [0, 0.05) is 36.4 Å². The van der Waals surface area contributed by atoms with Crippen LogP contribution >= 0.6 is 0 Å². The number of hydrogen-bond donors (Lipinski definition) is 1. The third-order valence-electron chi connectivity index (χ3n) is 4.14. The predicted octanol–water partition coefficient (Wildman–Crippen LogP) is 3.74. The zero-order valence-corrected chi connectivity index (χ0v) is 12.3. The molecule has 114 valence electrons. The van der Waals surface area contributed by atoms with E-state index in [-0.39, 0.29) is 17.0 Å². The van der Waals surface area contributed by atoms with Crippen molar-refractivity contribution in [3.63, 3.8) is 0 Å². The summed E-state index contributed by atoms with van der Waals surface area (Å²) < 4.78 is 3.56. The lowest BCUT2D eigenvalue weighted by atomic mass is 10.2. The molecule has 2 aromatic carbocycles. The number of nitro groups is 1. The molecule has 6 heteroatoms. The molecule has 0 aliphatic carbocycles. The summed E-state index contributed by atoms with van der Waals surface area (Å²) >= 11 is 0. The summed E-state index contributed by atoms with van der Waals surface area (Å²) in [4.78, 5) is 10.7. The number of hydrogen-bond acceptors (Lipinski definition) is 3. The van der Waals surface area contributed by atoms with E-state index in [1.165, 1.54) is 6.07 Å². The highest BCUT2D eigenvalue weighted by atomic mass is 16.6. The van der Waals surface area contributed by atoms with Gasteiger partial charge in [-0.15, -0.1) is 0 Å². The molecule has 0 aliphatic heterocycles. The summed E-state index contributed by atoms with van der Waals surface area (Å²) in [5.41, 5.74) is 1.68. The van der Waals surface area contributed by atoms with Gasteiger partial charge in [-0.05, 0) is 23.6 Å². The van der Waals surface area contributed by atoms with Crippen molar-refractivity contribution in [2.45, 2.75) is 0 Å². The highest BCUT2D eigenvalue weighted by Gasteiger charge is 2.20. The van der Waals surface area contributed by atoms with Gasteiger partial charge in [-0.25, -0.2) is 0 Å². The molecule has 2 aromatic heterocycles. The standard InChI is InChI=1S/C17H13N3O3/c1-18-8-7-11-5-6-13(9-15(11)18)19-10-12-3-2-4-14(20(22)23)16(12)17(19)21/h2-10,21H,1H3. The van der Waals surface area contributed by atoms with Gasteiger partial charge < -0.3 is 9.67 Å². The van der Waals surface area contributed by atoms with Gasteiger partial charge in [0.2, 0.25) is 5.88 Å². The van der Waals surface area contributed by atoms with Gasteiger partial charge >= 0.3 is 0 Å². The average Bonchev–Trinajstić information content (AvgIpc) is 3.08. The third-order valence-corrected chi connectivity index (χ3v) is 4.14. The molecule has 6 nitrogen and oxygen atoms in total. The topological polar surface area (TPSA) is 73.2 Å². The lowest BCUT2D eigenvalue weighted by Crippen LogP contribution is -1.93. The fourth-order valence-corrected chi connectivity index (χ4v) is 2.98. The SMILES string of the molecule is Cn1ccc2ccc(-n3cc4cccc([N+](=O)[O-])c4c3O)cc21. The van der Waals surface area contributed by atoms with Crippen molar-refractivity contribution in [3.05, 3.63) is 65.0 Å². The van der Waals surface area contributed by atoms with Crippen LogP contribution < -0.4 is 0 Å². The van der Waals surface area contributed by atoms with Crippen LogP contribution in [0.25, 0.3) is 27.4 Å². The van der Waals surface area contributed by atoms with Crippen LogP contribution in [0.3, 0.4) is 0 Å². The molecule has 0 amide bonds. The molecule has 0 unspecified atom stereocenters. The smallest absolute Gasteiger partial charge is 0.282 e. The summed E-state index contributed by atoms with van der Waals surface area (Å²) in [6, 6.07) is 12.6. The van der Waals surface area contributed by atoms with Crippen LogP contribution in [0.1, 0.15) is 0 Å². The van der Waals surface area contributed by atoms with Crippen LogP contribution in [0.5, 0.6) is 5.88 Å². The van der Waals surface area contributed by atoms with Crippen molar-refractivity contribution in [1.82, 2.24) is 9.13 Å². The van der Waals surface area contributed by atoms with E-state index in [4.69, 9.17) is 0 Å². The Labute approximate surface area is 131 Å². The maximum Gasteiger partial charge on any atom is 0.282 e. The molecule has 23 heavy (non-hydrogen) atoms. The number of fused-ring (bicyclic) bond motifs is 2. The second kappa shape index (κ2) is 4.61. The van der Waals surface area contributed by atoms with Crippen LogP contribution in [-0.4, -0.2) is 19.2 Å². The van der Waals surface area contributed by atoms with E-state index in [2.05, 4.69) is 0 Å². The zero-order valence-electron chi connectivity index (χ0n) is 12.3. The molecule has 4 aromatic rings. The van der Waals surface area contributed by atoms with E-state index in [1.54, 1.807) is 22.9 Å². The molecule has 0 bridgehead atoms. The summed E-state index contributed by atoms with van der Waals surface area (Å²) in [7, 11) is 1.95. The molecule has 0 radical (unpaired) electrons. The third kappa shape index (κ3) is 1.88. The normalized spacial score (nSPS) is 11.3. The minimum Gasteiger partial charge on any atom is -0.494 e. The minimum atomic E-state index is -0.479. The van der Waals surface area contributed by atoms with Gasteiger partial charge in [-0.1, -0.05) is 18.2 Å². The first kappa shape index (κ1) is 13.4. The zero-order chi connectivity index (χ0) is 16.1. The fraction of sp³-hybridized carbons (Fsp3) is 0.0588. The van der Waals surface area contributed by atoms with Crippen molar-refractivity contribution in [3.8, 4) is 11.6 Å². The van der Waals surface area contributed by atoms with Gasteiger partial charge in [0.25, 0.3) is 5.69 Å². The Kier molecular flexibility index (Phi) is 2.68. The largest absolute Gasteiger partial charge is 0.494 e. The van der Waals surface area contributed by atoms with Crippen molar-refractivity contribution >= 4 is 27.4 Å². The van der Waals surface area contributed by atoms with Crippen LogP contribution in [0.2, 0.25) is 0 Å². The summed E-state index contributed by atoms with van der Waals surface area (Å²) in [5, 5.41) is 23.7. The first-order valence-electron chi connectivity index (χ1n) is 7.09. The molecule has 0 spiro atoms. The number of aromatic nitrogens is 2. The van der Waals surface area contributed by atoms with Gasteiger partial charge in [-0.3, -0.25) is 14.7 Å². The Bertz CT molecular complexity index is 1080. The van der Waals surface area contributed by atoms with Crippen LogP contribution in [-0.2, 0) is 7.05 Å². The summed E-state index contributed by atoms with van der Waals surface area (Å²) in [5.74, 6) is -0.124. The average molecular weight is 307 g/mol. The number of nitro benzene ring substituents is 1. The van der Waals surface area contributed by atoms with Gasteiger partial charge in [0.15, 0.2) is 0 Å². The number of aryl methyl sites for hydroxylation is 1. The maximum absolute atomic E-state index is 11.2. The number of non-ortho nitro benzene ring substituents is 1. The Morgan fingerprint density at radius 1 is 1.13 bits per heavy atom. The number of nitrogens with zero attached hydrogens (tertiary/aromatic N) is 3. The second-order valence-corrected chi connectivity index (χ2v) is 5.49. The number of rotatable bonds is 2. The highest BCUT2D eigenvalue weighted by Crippen LogP contribution is 2.37. The lowest BCUT2D eigenvalue weighted by molar-refractivity contribution is -0.383. The Morgan fingerprint density at radius 3 is 2.74 bits per heavy atom. The Balaban J connectivity index is 2.01. The first-order valence-corrected chi connectivity index (χ1v) is 7.09. The van der Waals surface area contributed by atoms with E-state index in [1.807, 2.05) is 42.1 Å². The molecule has 0 saturated heterocycles. The van der Waals surface area contributed by atoms with E-state index >= 15 is 0 Å². The van der Waals surface area contributed by atoms with E-state index in [0.29, 0.717) is 5.39 Å². The lowest BCUT2D eigenvalue weighted by Gasteiger charge is -2.06. The second-order valence-electron chi connectivity index (χ2n) is 5.49. The maximum atomic E-state index is 11.2. The summed E-state index contributed by atoms with van der Waals surface area (Å²) in [6.07, 6.45) is 3.67. The first-order chi connectivity index (χ1) is 11.1.